The van der Waals surface area contributed by atoms with Gasteiger partial charge in [0.1, 0.15) is 5.69 Å². The number of nitro groups is 2. The summed E-state index contributed by atoms with van der Waals surface area (Å²) >= 11 is 0. The van der Waals surface area contributed by atoms with E-state index in [0.29, 0.717) is 12.8 Å². The molecule has 0 unspecified atom stereocenters. The van der Waals surface area contributed by atoms with Gasteiger partial charge < -0.3 is 0 Å². The van der Waals surface area contributed by atoms with Crippen LogP contribution in [0.2, 0.25) is 0 Å². The van der Waals surface area contributed by atoms with Gasteiger partial charge in [-0.2, -0.15) is 5.01 Å². The fraction of sp³-hybridized carbons (Fsp3) is 0.429. The maximum Gasteiger partial charge on any atom is 0.300 e. The third kappa shape index (κ3) is 2.55. The van der Waals surface area contributed by atoms with Gasteiger partial charge >= 0.3 is 5.69 Å². The summed E-state index contributed by atoms with van der Waals surface area (Å²) in [6.07, 6.45) is 2.98. The van der Waals surface area contributed by atoms with Crippen LogP contribution < -0.4 is 5.43 Å². The molecule has 1 aromatic rings. The van der Waals surface area contributed by atoms with Crippen molar-refractivity contribution < 1.29 is 19.4 Å². The Kier molecular flexibility index (Phi) is 3.87. The van der Waals surface area contributed by atoms with Gasteiger partial charge in [-0.05, 0) is 18.9 Å². The highest BCUT2D eigenvalue weighted by atomic mass is 16.6. The lowest BCUT2D eigenvalue weighted by Gasteiger charge is -2.19. The number of nitrogens with zero attached hydrogens (tertiary/aromatic N) is 3. The van der Waals surface area contributed by atoms with Crippen molar-refractivity contribution in [3.63, 3.8) is 0 Å². The molecule has 126 valence electrons. The predicted octanol–water partition coefficient (Wildman–Crippen LogP) is 2.01. The Balaban J connectivity index is 1.90. The number of hydrazine groups is 1. The van der Waals surface area contributed by atoms with Gasteiger partial charge in [-0.15, -0.1) is 0 Å². The van der Waals surface area contributed by atoms with Gasteiger partial charge in [0, 0.05) is 6.07 Å². The van der Waals surface area contributed by atoms with Crippen LogP contribution >= 0.6 is 0 Å². The molecule has 1 aliphatic carbocycles. The van der Waals surface area contributed by atoms with E-state index in [2.05, 4.69) is 5.43 Å². The highest BCUT2D eigenvalue weighted by Gasteiger charge is 2.49. The third-order valence-corrected chi connectivity index (χ3v) is 4.46. The average molecular weight is 334 g/mol. The summed E-state index contributed by atoms with van der Waals surface area (Å²) in [6.45, 7) is 0. The van der Waals surface area contributed by atoms with Gasteiger partial charge in [-0.3, -0.25) is 35.2 Å². The molecule has 1 aliphatic heterocycles. The molecule has 2 amide bonds. The van der Waals surface area contributed by atoms with E-state index in [1.54, 1.807) is 0 Å². The summed E-state index contributed by atoms with van der Waals surface area (Å²) in [6, 6.07) is 2.99. The Labute approximate surface area is 135 Å². The molecule has 0 radical (unpaired) electrons. The first-order valence-electron chi connectivity index (χ1n) is 7.47. The lowest BCUT2D eigenvalue weighted by Crippen LogP contribution is -2.36. The van der Waals surface area contributed by atoms with Crippen LogP contribution in [0.15, 0.2) is 18.2 Å². The number of nitrogens with one attached hydrogen (secondary N) is 1. The zero-order chi connectivity index (χ0) is 17.4. The molecular weight excluding hydrogens is 320 g/mol. The maximum absolute atomic E-state index is 12.4. The number of amides is 2. The first-order chi connectivity index (χ1) is 11.4. The molecule has 0 bridgehead atoms. The van der Waals surface area contributed by atoms with Crippen molar-refractivity contribution in [2.24, 2.45) is 11.8 Å². The third-order valence-electron chi connectivity index (χ3n) is 4.46. The Morgan fingerprint density at radius 1 is 1.00 bits per heavy atom. The van der Waals surface area contributed by atoms with Crippen LogP contribution in [-0.2, 0) is 9.59 Å². The van der Waals surface area contributed by atoms with Crippen LogP contribution in [0.25, 0.3) is 0 Å². The van der Waals surface area contributed by atoms with Crippen LogP contribution in [0.4, 0.5) is 17.1 Å². The summed E-state index contributed by atoms with van der Waals surface area (Å²) in [5.41, 5.74) is 1.34. The number of imide groups is 1. The van der Waals surface area contributed by atoms with E-state index in [0.717, 1.165) is 36.0 Å². The largest absolute Gasteiger partial charge is 0.300 e. The summed E-state index contributed by atoms with van der Waals surface area (Å²) in [7, 11) is 0. The Bertz CT molecular complexity index is 725. The van der Waals surface area contributed by atoms with Gasteiger partial charge in [0.2, 0.25) is 0 Å². The fourth-order valence-electron chi connectivity index (χ4n) is 3.27. The van der Waals surface area contributed by atoms with Crippen molar-refractivity contribution >= 4 is 28.9 Å². The number of benzene rings is 1. The number of hydrogen-bond donors (Lipinski definition) is 1. The van der Waals surface area contributed by atoms with Crippen molar-refractivity contribution in [3.05, 3.63) is 38.4 Å². The minimum absolute atomic E-state index is 0.133. The molecule has 1 saturated heterocycles. The number of nitro benzene ring substituents is 2. The smallest absolute Gasteiger partial charge is 0.282 e. The van der Waals surface area contributed by atoms with Gasteiger partial charge in [-0.25, -0.2) is 0 Å². The van der Waals surface area contributed by atoms with E-state index in [4.69, 9.17) is 0 Å². The topological polar surface area (TPSA) is 136 Å². The Hall–Kier alpha value is -3.04. The molecule has 2 atom stereocenters. The lowest BCUT2D eigenvalue weighted by molar-refractivity contribution is -0.393. The van der Waals surface area contributed by atoms with E-state index < -0.39 is 44.9 Å². The molecule has 0 spiro atoms. The second-order valence-electron chi connectivity index (χ2n) is 5.84. The van der Waals surface area contributed by atoms with Crippen LogP contribution in [-0.4, -0.2) is 26.7 Å². The normalized spacial score (nSPS) is 23.1. The van der Waals surface area contributed by atoms with Gasteiger partial charge in [0.15, 0.2) is 0 Å². The zero-order valence-corrected chi connectivity index (χ0v) is 12.5. The number of non-ortho nitro benzene ring substituents is 1. The Morgan fingerprint density at radius 2 is 1.58 bits per heavy atom. The first-order valence-corrected chi connectivity index (χ1v) is 7.47. The zero-order valence-electron chi connectivity index (χ0n) is 12.5. The highest BCUT2D eigenvalue weighted by molar-refractivity contribution is 6.06. The van der Waals surface area contributed by atoms with Crippen LogP contribution in [0.3, 0.4) is 0 Å². The van der Waals surface area contributed by atoms with Crippen molar-refractivity contribution in [3.8, 4) is 0 Å². The van der Waals surface area contributed by atoms with Crippen molar-refractivity contribution in [1.82, 2.24) is 5.01 Å². The maximum atomic E-state index is 12.4. The molecule has 1 N–H and O–H groups in total. The fourth-order valence-corrected chi connectivity index (χ4v) is 3.27. The molecule has 1 saturated carbocycles. The summed E-state index contributed by atoms with van der Waals surface area (Å²) in [5, 5.41) is 22.7. The number of carbonyl (C=O) groups excluding carboxylic acids is 2. The number of fused-ring (bicyclic) bond motifs is 1. The average Bonchev–Trinajstić information content (AvgIpc) is 2.80. The lowest BCUT2D eigenvalue weighted by atomic mass is 9.81. The molecule has 0 aromatic heterocycles. The predicted molar refractivity (Wildman–Crippen MR) is 80.7 cm³/mol. The minimum atomic E-state index is -0.798. The van der Waals surface area contributed by atoms with Gasteiger partial charge in [0.25, 0.3) is 17.5 Å². The molecule has 10 nitrogen and oxygen atoms in total. The standard InChI is InChI=1S/C14H14N4O6/c19-13-9-3-1-2-4-10(9)14(20)16(13)15-11-6-5-8(17(21)22)7-12(11)18(23)24/h5-7,9-10,15H,1-4H2/t9-,10-/m0/s1. The number of hydrogen-bond acceptors (Lipinski definition) is 7. The monoisotopic (exact) mass is 334 g/mol. The molecule has 1 heterocycles. The van der Waals surface area contributed by atoms with Gasteiger partial charge in [-0.1, -0.05) is 12.8 Å². The number of anilines is 1. The second-order valence-corrected chi connectivity index (χ2v) is 5.84. The Morgan fingerprint density at radius 3 is 2.08 bits per heavy atom. The van der Waals surface area contributed by atoms with E-state index in [1.807, 2.05) is 0 Å². The van der Waals surface area contributed by atoms with E-state index in [1.165, 1.54) is 0 Å². The quantitative estimate of drug-likeness (QED) is 0.505. The molecule has 2 aliphatic rings. The van der Waals surface area contributed by atoms with Crippen molar-refractivity contribution in [2.75, 3.05) is 5.43 Å². The summed E-state index contributed by atoms with van der Waals surface area (Å²) in [4.78, 5) is 45.1. The summed E-state index contributed by atoms with van der Waals surface area (Å²) in [5.74, 6) is -1.60. The molecule has 3 rings (SSSR count). The van der Waals surface area contributed by atoms with E-state index >= 15 is 0 Å². The molecule has 1 aromatic carbocycles. The molecule has 24 heavy (non-hydrogen) atoms. The highest BCUT2D eigenvalue weighted by Crippen LogP contribution is 2.39. The van der Waals surface area contributed by atoms with Crippen molar-refractivity contribution in [1.29, 1.82) is 0 Å². The summed E-state index contributed by atoms with van der Waals surface area (Å²) < 4.78 is 0. The molecule has 10 heteroatoms. The van der Waals surface area contributed by atoms with Crippen LogP contribution in [0.1, 0.15) is 25.7 Å². The van der Waals surface area contributed by atoms with Gasteiger partial charge in [0.05, 0.1) is 27.7 Å². The first kappa shape index (κ1) is 15.8. The number of rotatable bonds is 4. The van der Waals surface area contributed by atoms with Crippen LogP contribution in [0, 0.1) is 32.1 Å². The van der Waals surface area contributed by atoms with Crippen molar-refractivity contribution in [2.45, 2.75) is 25.7 Å². The number of carbonyl (C=O) groups is 2. The molecular formula is C14H14N4O6. The minimum Gasteiger partial charge on any atom is -0.282 e. The van der Waals surface area contributed by atoms with E-state index in [9.17, 15) is 29.8 Å². The second kappa shape index (κ2) is 5.87. The molecule has 2 fully saturated rings. The van der Waals surface area contributed by atoms with Crippen LogP contribution in [0.5, 0.6) is 0 Å². The van der Waals surface area contributed by atoms with E-state index in [-0.39, 0.29) is 5.69 Å². The SMILES string of the molecule is O=C1[C@H]2CCCC[C@@H]2C(=O)N1Nc1ccc([N+](=O)[O-])cc1[N+](=O)[O-].